The van der Waals surface area contributed by atoms with Crippen LogP contribution in [0.25, 0.3) is 0 Å². The number of amides is 2. The Morgan fingerprint density at radius 3 is 2.62 bits per heavy atom. The fourth-order valence-electron chi connectivity index (χ4n) is 3.18. The maximum atomic E-state index is 12.2. The number of anilines is 1. The largest absolute Gasteiger partial charge is 0.497 e. The normalized spacial score (nSPS) is 12.7. The molecule has 1 unspecified atom stereocenters. The van der Waals surface area contributed by atoms with Crippen molar-refractivity contribution in [3.05, 3.63) is 77.9 Å². The molecule has 0 fully saturated rings. The van der Waals surface area contributed by atoms with Gasteiger partial charge in [0.25, 0.3) is 0 Å². The number of nitrogens with one attached hydrogen (secondary N) is 2. The summed E-state index contributed by atoms with van der Waals surface area (Å²) in [5, 5.41) is 15.7. The zero-order valence-electron chi connectivity index (χ0n) is 17.5. The summed E-state index contributed by atoms with van der Waals surface area (Å²) in [7, 11) is 1.58. The molecule has 0 aromatic heterocycles. The van der Waals surface area contributed by atoms with Crippen molar-refractivity contribution in [2.45, 2.75) is 12.7 Å². The summed E-state index contributed by atoms with van der Waals surface area (Å²) >= 11 is 0. The molecule has 1 heterocycles. The van der Waals surface area contributed by atoms with E-state index in [0.29, 0.717) is 40.9 Å². The predicted octanol–water partition coefficient (Wildman–Crippen LogP) is 3.86. The molecule has 1 aliphatic heterocycles. The van der Waals surface area contributed by atoms with Gasteiger partial charge >= 0.3 is 6.03 Å². The lowest BCUT2D eigenvalue weighted by Crippen LogP contribution is -2.32. The summed E-state index contributed by atoms with van der Waals surface area (Å²) in [4.78, 5) is 12.2. The average molecular weight is 436 g/mol. The second kappa shape index (κ2) is 9.93. The summed E-state index contributed by atoms with van der Waals surface area (Å²) < 4.78 is 21.6. The van der Waals surface area contributed by atoms with E-state index in [0.717, 1.165) is 5.56 Å². The molecule has 0 aliphatic carbocycles. The molecule has 32 heavy (non-hydrogen) atoms. The second-order valence-electron chi connectivity index (χ2n) is 7.13. The van der Waals surface area contributed by atoms with Gasteiger partial charge in [-0.2, -0.15) is 0 Å². The van der Waals surface area contributed by atoms with Gasteiger partial charge in [-0.15, -0.1) is 0 Å². The Labute approximate surface area is 185 Å². The van der Waals surface area contributed by atoms with E-state index in [1.807, 2.05) is 24.3 Å². The number of urea groups is 1. The van der Waals surface area contributed by atoms with E-state index in [2.05, 4.69) is 10.6 Å². The fourth-order valence-corrected chi connectivity index (χ4v) is 3.18. The lowest BCUT2D eigenvalue weighted by molar-refractivity contribution is 0.173. The molecule has 0 saturated heterocycles. The third kappa shape index (κ3) is 5.41. The summed E-state index contributed by atoms with van der Waals surface area (Å²) in [5.74, 6) is 2.73. The summed E-state index contributed by atoms with van der Waals surface area (Å²) in [5.41, 5.74) is 2.20. The predicted molar refractivity (Wildman–Crippen MR) is 118 cm³/mol. The van der Waals surface area contributed by atoms with Crippen molar-refractivity contribution in [1.82, 2.24) is 5.32 Å². The van der Waals surface area contributed by atoms with Crippen LogP contribution in [0.2, 0.25) is 0 Å². The first-order chi connectivity index (χ1) is 15.6. The smallest absolute Gasteiger partial charge is 0.319 e. The van der Waals surface area contributed by atoms with Crippen molar-refractivity contribution in [2.24, 2.45) is 0 Å². The van der Waals surface area contributed by atoms with Crippen LogP contribution in [0.1, 0.15) is 17.2 Å². The highest BCUT2D eigenvalue weighted by atomic mass is 16.7. The minimum Gasteiger partial charge on any atom is -0.497 e. The van der Waals surface area contributed by atoms with Crippen LogP contribution in [0.3, 0.4) is 0 Å². The highest BCUT2D eigenvalue weighted by Gasteiger charge is 2.14. The number of methoxy groups -OCH3 is 1. The van der Waals surface area contributed by atoms with Crippen LogP contribution in [-0.4, -0.2) is 31.6 Å². The molecule has 3 N–H and O–H groups in total. The minimum absolute atomic E-state index is 0.0745. The van der Waals surface area contributed by atoms with E-state index in [9.17, 15) is 9.90 Å². The number of ether oxygens (including phenoxy) is 4. The number of hydrogen-bond donors (Lipinski definition) is 3. The molecule has 8 heteroatoms. The SMILES string of the molecule is COc1ccc(C(O)CNC(=O)Nc2cccc(COc3ccc4c(c3)OCO4)c2)cc1. The molecular weight excluding hydrogens is 412 g/mol. The number of carbonyl (C=O) groups is 1. The number of hydrogen-bond acceptors (Lipinski definition) is 6. The summed E-state index contributed by atoms with van der Waals surface area (Å²) in [6.07, 6.45) is -0.826. The maximum absolute atomic E-state index is 12.2. The molecule has 3 aromatic carbocycles. The Balaban J connectivity index is 1.26. The molecule has 0 radical (unpaired) electrons. The van der Waals surface area contributed by atoms with Gasteiger partial charge in [0.15, 0.2) is 11.5 Å². The first kappa shape index (κ1) is 21.3. The van der Waals surface area contributed by atoms with Crippen LogP contribution >= 0.6 is 0 Å². The molecule has 1 atom stereocenters. The van der Waals surface area contributed by atoms with Crippen molar-refractivity contribution in [2.75, 3.05) is 25.8 Å². The fraction of sp³-hybridized carbons (Fsp3) is 0.208. The summed E-state index contributed by atoms with van der Waals surface area (Å²) in [6.45, 7) is 0.615. The first-order valence-corrected chi connectivity index (χ1v) is 10.1. The Bertz CT molecular complexity index is 1070. The van der Waals surface area contributed by atoms with Gasteiger partial charge in [0, 0.05) is 18.3 Å². The molecule has 0 bridgehead atoms. The average Bonchev–Trinajstić information content (AvgIpc) is 3.29. The minimum atomic E-state index is -0.826. The first-order valence-electron chi connectivity index (χ1n) is 10.1. The number of aliphatic hydroxyl groups excluding tert-OH is 1. The van der Waals surface area contributed by atoms with Crippen LogP contribution in [0.4, 0.5) is 10.5 Å². The van der Waals surface area contributed by atoms with Crippen LogP contribution in [-0.2, 0) is 6.61 Å². The maximum Gasteiger partial charge on any atom is 0.319 e. The molecular formula is C24H24N2O6. The number of carbonyl (C=O) groups excluding carboxylic acids is 1. The second-order valence-corrected chi connectivity index (χ2v) is 7.13. The highest BCUT2D eigenvalue weighted by molar-refractivity contribution is 5.89. The third-order valence-electron chi connectivity index (χ3n) is 4.89. The van der Waals surface area contributed by atoms with Gasteiger partial charge < -0.3 is 34.7 Å². The standard InChI is InChI=1S/C24H24N2O6/c1-29-19-7-5-17(6-8-19)21(27)13-25-24(28)26-18-4-2-3-16(11-18)14-30-20-9-10-22-23(12-20)32-15-31-22/h2-12,21,27H,13-15H2,1H3,(H2,25,26,28). The molecule has 2 amide bonds. The number of fused-ring (bicyclic) bond motifs is 1. The van der Waals surface area contributed by atoms with Crippen LogP contribution in [0.15, 0.2) is 66.7 Å². The van der Waals surface area contributed by atoms with E-state index < -0.39 is 12.1 Å². The molecule has 0 saturated carbocycles. The number of rotatable bonds is 8. The van der Waals surface area contributed by atoms with Gasteiger partial charge in [0.05, 0.1) is 13.2 Å². The van der Waals surface area contributed by atoms with Crippen LogP contribution < -0.4 is 29.6 Å². The van der Waals surface area contributed by atoms with Crippen LogP contribution in [0.5, 0.6) is 23.0 Å². The van der Waals surface area contributed by atoms with Gasteiger partial charge in [-0.05, 0) is 47.5 Å². The zero-order valence-corrected chi connectivity index (χ0v) is 17.5. The van der Waals surface area contributed by atoms with E-state index in [4.69, 9.17) is 18.9 Å². The van der Waals surface area contributed by atoms with E-state index >= 15 is 0 Å². The molecule has 166 valence electrons. The molecule has 1 aliphatic rings. The van der Waals surface area contributed by atoms with Crippen molar-refractivity contribution >= 4 is 11.7 Å². The van der Waals surface area contributed by atoms with Gasteiger partial charge in [-0.1, -0.05) is 24.3 Å². The van der Waals surface area contributed by atoms with Crippen LogP contribution in [0, 0.1) is 0 Å². The molecule has 4 rings (SSSR count). The van der Waals surface area contributed by atoms with Gasteiger partial charge in [0.2, 0.25) is 6.79 Å². The zero-order chi connectivity index (χ0) is 22.3. The van der Waals surface area contributed by atoms with Crippen molar-refractivity contribution in [1.29, 1.82) is 0 Å². The Morgan fingerprint density at radius 1 is 1.03 bits per heavy atom. The van der Waals surface area contributed by atoms with Crippen molar-refractivity contribution in [3.8, 4) is 23.0 Å². The quantitative estimate of drug-likeness (QED) is 0.496. The van der Waals surface area contributed by atoms with Crippen molar-refractivity contribution in [3.63, 3.8) is 0 Å². The Kier molecular flexibility index (Phi) is 6.62. The van der Waals surface area contributed by atoms with E-state index in [1.165, 1.54) is 0 Å². The summed E-state index contributed by atoms with van der Waals surface area (Å²) in [6, 6.07) is 19.4. The third-order valence-corrected chi connectivity index (χ3v) is 4.89. The number of aliphatic hydroxyl groups is 1. The lowest BCUT2D eigenvalue weighted by Gasteiger charge is -2.14. The molecule has 8 nitrogen and oxygen atoms in total. The highest BCUT2D eigenvalue weighted by Crippen LogP contribution is 2.35. The molecule has 3 aromatic rings. The monoisotopic (exact) mass is 436 g/mol. The van der Waals surface area contributed by atoms with Gasteiger partial charge in [-0.25, -0.2) is 4.79 Å². The molecule has 0 spiro atoms. The Hall–Kier alpha value is -3.91. The Morgan fingerprint density at radius 2 is 1.81 bits per heavy atom. The topological polar surface area (TPSA) is 98.3 Å². The van der Waals surface area contributed by atoms with E-state index in [-0.39, 0.29) is 13.3 Å². The van der Waals surface area contributed by atoms with Gasteiger partial charge in [-0.3, -0.25) is 0 Å². The number of benzene rings is 3. The van der Waals surface area contributed by atoms with Gasteiger partial charge in [0.1, 0.15) is 18.1 Å². The van der Waals surface area contributed by atoms with E-state index in [1.54, 1.807) is 49.6 Å². The lowest BCUT2D eigenvalue weighted by atomic mass is 10.1. The van der Waals surface area contributed by atoms with Crippen molar-refractivity contribution < 1.29 is 28.8 Å².